The Kier molecular flexibility index (Phi) is 5.75. The van der Waals surface area contributed by atoms with Gasteiger partial charge in [-0.25, -0.2) is 13.6 Å². The number of anilines is 1. The summed E-state index contributed by atoms with van der Waals surface area (Å²) in [6.45, 7) is 0.0549. The molecule has 0 bridgehead atoms. The van der Waals surface area contributed by atoms with Crippen molar-refractivity contribution in [2.45, 2.75) is 13.1 Å². The summed E-state index contributed by atoms with van der Waals surface area (Å²) in [6, 6.07) is 17.5. The van der Waals surface area contributed by atoms with E-state index in [1.807, 2.05) is 0 Å². The number of halogens is 2. The Morgan fingerprint density at radius 1 is 0.903 bits per heavy atom. The first-order valence-electron chi connectivity index (χ1n) is 9.55. The third-order valence-corrected chi connectivity index (χ3v) is 4.76. The molecule has 2 amide bonds. The van der Waals surface area contributed by atoms with Crippen LogP contribution in [0.1, 0.15) is 11.1 Å². The lowest BCUT2D eigenvalue weighted by molar-refractivity contribution is 0.206. The van der Waals surface area contributed by atoms with Crippen LogP contribution in [0.25, 0.3) is 11.0 Å². The molecule has 4 aromatic rings. The third-order valence-electron chi connectivity index (χ3n) is 4.76. The molecule has 0 atom stereocenters. The lowest BCUT2D eigenvalue weighted by atomic mass is 10.1. The van der Waals surface area contributed by atoms with Gasteiger partial charge in [-0.1, -0.05) is 30.3 Å². The Morgan fingerprint density at radius 3 is 2.45 bits per heavy atom. The van der Waals surface area contributed by atoms with Gasteiger partial charge in [0.15, 0.2) is 5.43 Å². The van der Waals surface area contributed by atoms with E-state index in [1.165, 1.54) is 41.5 Å². The first kappa shape index (κ1) is 20.3. The summed E-state index contributed by atoms with van der Waals surface area (Å²) >= 11 is 0. The maximum absolute atomic E-state index is 13.5. The molecule has 156 valence electrons. The monoisotopic (exact) mass is 420 g/mol. The highest BCUT2D eigenvalue weighted by atomic mass is 19.1. The van der Waals surface area contributed by atoms with Crippen LogP contribution in [-0.4, -0.2) is 10.9 Å². The highest BCUT2D eigenvalue weighted by Gasteiger charge is 2.18. The number of fused-ring (bicyclic) bond motifs is 1. The molecule has 1 N–H and O–H groups in total. The number of nitrogens with one attached hydrogen (secondary N) is 1. The lowest BCUT2D eigenvalue weighted by Crippen LogP contribution is -2.35. The van der Waals surface area contributed by atoms with E-state index >= 15 is 0 Å². The van der Waals surface area contributed by atoms with Crippen molar-refractivity contribution >= 4 is 22.7 Å². The zero-order valence-electron chi connectivity index (χ0n) is 16.3. The van der Waals surface area contributed by atoms with Crippen LogP contribution >= 0.6 is 0 Å². The summed E-state index contributed by atoms with van der Waals surface area (Å²) in [5, 5.41) is 3.04. The van der Waals surface area contributed by atoms with E-state index in [9.17, 15) is 18.4 Å². The van der Waals surface area contributed by atoms with E-state index < -0.39 is 17.7 Å². The SMILES string of the molecule is O=C(Nc1cccc(F)c1)N(Cc1ccc(F)cc1)Cc1coc2ccccc2c1=O. The fourth-order valence-corrected chi connectivity index (χ4v) is 3.21. The molecule has 3 aromatic carbocycles. The number of carbonyl (C=O) groups excluding carboxylic acids is 1. The van der Waals surface area contributed by atoms with Crippen LogP contribution in [0.3, 0.4) is 0 Å². The van der Waals surface area contributed by atoms with Crippen LogP contribution in [0.2, 0.25) is 0 Å². The maximum atomic E-state index is 13.5. The van der Waals surface area contributed by atoms with E-state index in [0.717, 1.165) is 0 Å². The Hall–Kier alpha value is -4.00. The van der Waals surface area contributed by atoms with Crippen molar-refractivity contribution in [3.8, 4) is 0 Å². The fraction of sp³-hybridized carbons (Fsp3) is 0.0833. The molecule has 5 nitrogen and oxygen atoms in total. The van der Waals surface area contributed by atoms with Crippen LogP contribution in [0.15, 0.2) is 88.3 Å². The lowest BCUT2D eigenvalue weighted by Gasteiger charge is -2.23. The summed E-state index contributed by atoms with van der Waals surface area (Å²) in [6.07, 6.45) is 1.33. The first-order valence-corrected chi connectivity index (χ1v) is 9.55. The number of para-hydroxylation sites is 1. The van der Waals surface area contributed by atoms with Crippen LogP contribution in [0, 0.1) is 11.6 Å². The van der Waals surface area contributed by atoms with Crippen molar-refractivity contribution in [3.63, 3.8) is 0 Å². The van der Waals surface area contributed by atoms with Gasteiger partial charge in [0, 0.05) is 12.2 Å². The minimum Gasteiger partial charge on any atom is -0.464 e. The number of nitrogens with zero attached hydrogens (tertiary/aromatic N) is 1. The predicted octanol–water partition coefficient (Wildman–Crippen LogP) is 5.31. The van der Waals surface area contributed by atoms with E-state index in [1.54, 1.807) is 42.5 Å². The van der Waals surface area contributed by atoms with Gasteiger partial charge in [-0.3, -0.25) is 4.79 Å². The summed E-state index contributed by atoms with van der Waals surface area (Å²) < 4.78 is 32.3. The molecule has 0 aliphatic rings. The predicted molar refractivity (Wildman–Crippen MR) is 114 cm³/mol. The van der Waals surface area contributed by atoms with Crippen molar-refractivity contribution in [2.24, 2.45) is 0 Å². The zero-order valence-corrected chi connectivity index (χ0v) is 16.3. The standard InChI is InChI=1S/C24H18F2N2O3/c25-18-10-8-16(9-11-18)13-28(24(30)27-20-5-3-4-19(26)12-20)14-17-15-31-22-7-2-1-6-21(22)23(17)29/h1-12,15H,13-14H2,(H,27,30). The van der Waals surface area contributed by atoms with Gasteiger partial charge in [-0.2, -0.15) is 0 Å². The van der Waals surface area contributed by atoms with Gasteiger partial charge in [0.25, 0.3) is 0 Å². The Labute approximate surface area is 176 Å². The zero-order chi connectivity index (χ0) is 21.8. The average Bonchev–Trinajstić information content (AvgIpc) is 2.76. The summed E-state index contributed by atoms with van der Waals surface area (Å²) in [4.78, 5) is 27.2. The Balaban J connectivity index is 1.64. The molecule has 0 radical (unpaired) electrons. The molecule has 0 aliphatic carbocycles. The third kappa shape index (κ3) is 4.78. The normalized spacial score (nSPS) is 10.8. The van der Waals surface area contributed by atoms with Gasteiger partial charge < -0.3 is 14.6 Å². The summed E-state index contributed by atoms with van der Waals surface area (Å²) in [5.41, 5.74) is 1.44. The molecule has 31 heavy (non-hydrogen) atoms. The molecule has 1 heterocycles. The fourth-order valence-electron chi connectivity index (χ4n) is 3.21. The van der Waals surface area contributed by atoms with Gasteiger partial charge >= 0.3 is 6.03 Å². The van der Waals surface area contributed by atoms with Crippen molar-refractivity contribution in [3.05, 3.63) is 112 Å². The molecule has 0 fully saturated rings. The minimum absolute atomic E-state index is 0.0499. The highest BCUT2D eigenvalue weighted by molar-refractivity contribution is 5.89. The average molecular weight is 420 g/mol. The topological polar surface area (TPSA) is 62.6 Å². The van der Waals surface area contributed by atoms with E-state index in [4.69, 9.17) is 4.42 Å². The Bertz CT molecular complexity index is 1290. The quantitative estimate of drug-likeness (QED) is 0.476. The molecule has 0 aliphatic heterocycles. The number of benzene rings is 3. The van der Waals surface area contributed by atoms with Crippen molar-refractivity contribution in [1.29, 1.82) is 0 Å². The van der Waals surface area contributed by atoms with Crippen LogP contribution < -0.4 is 10.7 Å². The van der Waals surface area contributed by atoms with Gasteiger partial charge in [0.2, 0.25) is 0 Å². The largest absolute Gasteiger partial charge is 0.464 e. The number of hydrogen-bond donors (Lipinski definition) is 1. The molecule has 0 unspecified atom stereocenters. The van der Waals surface area contributed by atoms with Crippen molar-refractivity contribution < 1.29 is 18.0 Å². The number of amides is 2. The smallest absolute Gasteiger partial charge is 0.322 e. The van der Waals surface area contributed by atoms with Crippen LogP contribution in [0.5, 0.6) is 0 Å². The molecule has 1 aromatic heterocycles. The second kappa shape index (κ2) is 8.79. The van der Waals surface area contributed by atoms with Crippen molar-refractivity contribution in [2.75, 3.05) is 5.32 Å². The molecule has 7 heteroatoms. The second-order valence-electron chi connectivity index (χ2n) is 7.01. The molecular weight excluding hydrogens is 402 g/mol. The van der Waals surface area contributed by atoms with E-state index in [2.05, 4.69) is 5.32 Å². The van der Waals surface area contributed by atoms with E-state index in [0.29, 0.717) is 16.5 Å². The summed E-state index contributed by atoms with van der Waals surface area (Å²) in [5.74, 6) is -0.882. The number of carbonyl (C=O) groups is 1. The van der Waals surface area contributed by atoms with Gasteiger partial charge in [-0.05, 0) is 48.0 Å². The minimum atomic E-state index is -0.539. The maximum Gasteiger partial charge on any atom is 0.322 e. The molecule has 4 rings (SSSR count). The highest BCUT2D eigenvalue weighted by Crippen LogP contribution is 2.16. The van der Waals surface area contributed by atoms with Gasteiger partial charge in [0.05, 0.1) is 23.8 Å². The molecule has 0 spiro atoms. The van der Waals surface area contributed by atoms with Gasteiger partial charge in [-0.15, -0.1) is 0 Å². The van der Waals surface area contributed by atoms with Crippen molar-refractivity contribution in [1.82, 2.24) is 4.90 Å². The molecule has 0 saturated heterocycles. The number of urea groups is 1. The number of hydrogen-bond acceptors (Lipinski definition) is 3. The van der Waals surface area contributed by atoms with Gasteiger partial charge in [0.1, 0.15) is 17.2 Å². The van der Waals surface area contributed by atoms with Crippen LogP contribution in [-0.2, 0) is 13.1 Å². The Morgan fingerprint density at radius 2 is 1.68 bits per heavy atom. The van der Waals surface area contributed by atoms with E-state index in [-0.39, 0.29) is 29.8 Å². The molecule has 0 saturated carbocycles. The second-order valence-corrected chi connectivity index (χ2v) is 7.01. The van der Waals surface area contributed by atoms with Crippen LogP contribution in [0.4, 0.5) is 19.3 Å². The number of rotatable bonds is 5. The summed E-state index contributed by atoms with van der Waals surface area (Å²) in [7, 11) is 0. The first-order chi connectivity index (χ1) is 15.0. The molecular formula is C24H18F2N2O3.